The highest BCUT2D eigenvalue weighted by atomic mass is 16.3. The minimum absolute atomic E-state index is 0.114. The van der Waals surface area contributed by atoms with Gasteiger partial charge in [-0.05, 0) is 32.9 Å². The zero-order valence-electron chi connectivity index (χ0n) is 9.70. The molecule has 0 spiro atoms. The highest BCUT2D eigenvalue weighted by Crippen LogP contribution is 2.17. The van der Waals surface area contributed by atoms with Crippen molar-refractivity contribution in [1.29, 1.82) is 0 Å². The molecule has 4 heteroatoms. The van der Waals surface area contributed by atoms with E-state index in [4.69, 9.17) is 0 Å². The third-order valence-electron chi connectivity index (χ3n) is 3.06. The van der Waals surface area contributed by atoms with Gasteiger partial charge >= 0.3 is 0 Å². The Labute approximate surface area is 91.6 Å². The largest absolute Gasteiger partial charge is 0.391 e. The monoisotopic (exact) mass is 214 g/mol. The van der Waals surface area contributed by atoms with Gasteiger partial charge in [0.05, 0.1) is 6.10 Å². The molecule has 1 rings (SSSR count). The van der Waals surface area contributed by atoms with Gasteiger partial charge in [-0.15, -0.1) is 0 Å². The van der Waals surface area contributed by atoms with Crippen LogP contribution in [-0.4, -0.2) is 48.7 Å². The van der Waals surface area contributed by atoms with Crippen LogP contribution in [0.3, 0.4) is 0 Å². The molecule has 1 heterocycles. The van der Waals surface area contributed by atoms with Crippen molar-refractivity contribution >= 4 is 5.91 Å². The van der Waals surface area contributed by atoms with Crippen molar-refractivity contribution < 1.29 is 9.90 Å². The van der Waals surface area contributed by atoms with Crippen molar-refractivity contribution in [2.75, 3.05) is 26.7 Å². The first-order valence-electron chi connectivity index (χ1n) is 5.80. The molecule has 0 radical (unpaired) electrons. The van der Waals surface area contributed by atoms with E-state index in [-0.39, 0.29) is 17.9 Å². The number of carbonyl (C=O) groups excluding carboxylic acids is 1. The molecular weight excluding hydrogens is 192 g/mol. The summed E-state index contributed by atoms with van der Waals surface area (Å²) in [6, 6.07) is 0. The lowest BCUT2D eigenvalue weighted by atomic mass is 10.0. The molecule has 4 nitrogen and oxygen atoms in total. The maximum absolute atomic E-state index is 12.0. The van der Waals surface area contributed by atoms with E-state index in [9.17, 15) is 9.90 Å². The van der Waals surface area contributed by atoms with Gasteiger partial charge in [0.25, 0.3) is 0 Å². The van der Waals surface area contributed by atoms with Gasteiger partial charge in [-0.1, -0.05) is 6.92 Å². The summed E-state index contributed by atoms with van der Waals surface area (Å²) in [4.78, 5) is 13.8. The molecular formula is C11H22N2O2. The van der Waals surface area contributed by atoms with Crippen molar-refractivity contribution in [1.82, 2.24) is 10.2 Å². The second-order valence-corrected chi connectivity index (χ2v) is 4.22. The fraction of sp³-hybridized carbons (Fsp3) is 0.909. The molecule has 0 saturated carbocycles. The Hall–Kier alpha value is -0.610. The number of nitrogens with one attached hydrogen (secondary N) is 1. The van der Waals surface area contributed by atoms with E-state index >= 15 is 0 Å². The Kier molecular flexibility index (Phi) is 5.05. The quantitative estimate of drug-likeness (QED) is 0.688. The third-order valence-corrected chi connectivity index (χ3v) is 3.06. The summed E-state index contributed by atoms with van der Waals surface area (Å²) >= 11 is 0. The lowest BCUT2D eigenvalue weighted by molar-refractivity contribution is -0.135. The summed E-state index contributed by atoms with van der Waals surface area (Å²) < 4.78 is 0. The van der Waals surface area contributed by atoms with Crippen LogP contribution in [0, 0.1) is 5.92 Å². The average Bonchev–Trinajstić information content (AvgIpc) is 2.65. The van der Waals surface area contributed by atoms with Gasteiger partial charge in [0, 0.05) is 19.0 Å². The first-order valence-corrected chi connectivity index (χ1v) is 5.80. The normalized spacial score (nSPS) is 23.1. The summed E-state index contributed by atoms with van der Waals surface area (Å²) in [6.07, 6.45) is 2.19. The number of rotatable bonds is 5. The van der Waals surface area contributed by atoms with Crippen LogP contribution in [0.1, 0.15) is 26.2 Å². The van der Waals surface area contributed by atoms with Gasteiger partial charge in [-0.25, -0.2) is 0 Å². The van der Waals surface area contributed by atoms with Crippen LogP contribution in [0.5, 0.6) is 0 Å². The highest BCUT2D eigenvalue weighted by molar-refractivity contribution is 5.79. The number of aliphatic hydroxyl groups is 1. The van der Waals surface area contributed by atoms with Gasteiger partial charge < -0.3 is 15.3 Å². The van der Waals surface area contributed by atoms with Crippen LogP contribution >= 0.6 is 0 Å². The average molecular weight is 214 g/mol. The van der Waals surface area contributed by atoms with Gasteiger partial charge in [-0.2, -0.15) is 0 Å². The van der Waals surface area contributed by atoms with Crippen LogP contribution in [0.25, 0.3) is 0 Å². The predicted octanol–water partition coefficient (Wildman–Crippen LogP) is 0.215. The number of nitrogens with zero attached hydrogens (tertiary/aromatic N) is 1. The van der Waals surface area contributed by atoms with E-state index in [0.717, 1.165) is 32.4 Å². The molecule has 0 bridgehead atoms. The second-order valence-electron chi connectivity index (χ2n) is 4.22. The molecule has 1 aliphatic rings. The minimum Gasteiger partial charge on any atom is -0.391 e. The third kappa shape index (κ3) is 3.47. The first-order chi connectivity index (χ1) is 7.19. The number of hydrogen-bond acceptors (Lipinski definition) is 3. The number of aliphatic hydroxyl groups excluding tert-OH is 1. The van der Waals surface area contributed by atoms with Gasteiger partial charge in [0.2, 0.25) is 5.91 Å². The molecule has 2 N–H and O–H groups in total. The molecule has 0 aromatic rings. The smallest absolute Gasteiger partial charge is 0.225 e. The summed E-state index contributed by atoms with van der Waals surface area (Å²) in [7, 11) is 1.90. The fourth-order valence-electron chi connectivity index (χ4n) is 2.02. The maximum atomic E-state index is 12.0. The molecule has 1 aliphatic heterocycles. The van der Waals surface area contributed by atoms with E-state index in [0.29, 0.717) is 6.54 Å². The first kappa shape index (κ1) is 12.5. The van der Waals surface area contributed by atoms with Crippen LogP contribution in [0.2, 0.25) is 0 Å². The standard InChI is InChI=1S/C11H22N2O2/c1-3-9(4-6-12-2)11(15)13-7-5-10(14)8-13/h9-10,12,14H,3-8H2,1-2H3. The number of carbonyl (C=O) groups is 1. The number of β-amino-alcohol motifs (C(OH)–C–C–N with tert-alkyl or cyclic N) is 1. The van der Waals surface area contributed by atoms with E-state index in [1.54, 1.807) is 4.90 Å². The zero-order chi connectivity index (χ0) is 11.3. The highest BCUT2D eigenvalue weighted by Gasteiger charge is 2.28. The van der Waals surface area contributed by atoms with Crippen molar-refractivity contribution in [2.45, 2.75) is 32.3 Å². The van der Waals surface area contributed by atoms with E-state index < -0.39 is 0 Å². The van der Waals surface area contributed by atoms with Crippen LogP contribution in [-0.2, 0) is 4.79 Å². The molecule has 0 aromatic carbocycles. The summed E-state index contributed by atoms with van der Waals surface area (Å²) in [5.74, 6) is 0.326. The van der Waals surface area contributed by atoms with Gasteiger partial charge in [0.1, 0.15) is 0 Å². The number of amides is 1. The Balaban J connectivity index is 2.42. The molecule has 0 aliphatic carbocycles. The topological polar surface area (TPSA) is 52.6 Å². The lowest BCUT2D eigenvalue weighted by Gasteiger charge is -2.22. The Morgan fingerprint density at radius 1 is 1.67 bits per heavy atom. The van der Waals surface area contributed by atoms with Crippen molar-refractivity contribution in [3.8, 4) is 0 Å². The minimum atomic E-state index is -0.309. The fourth-order valence-corrected chi connectivity index (χ4v) is 2.02. The Morgan fingerprint density at radius 3 is 2.87 bits per heavy atom. The molecule has 15 heavy (non-hydrogen) atoms. The molecule has 0 aromatic heterocycles. The molecule has 1 saturated heterocycles. The molecule has 1 fully saturated rings. The van der Waals surface area contributed by atoms with E-state index in [1.165, 1.54) is 0 Å². The van der Waals surface area contributed by atoms with Crippen molar-refractivity contribution in [3.63, 3.8) is 0 Å². The zero-order valence-corrected chi connectivity index (χ0v) is 9.70. The van der Waals surface area contributed by atoms with Crippen molar-refractivity contribution in [2.24, 2.45) is 5.92 Å². The van der Waals surface area contributed by atoms with Crippen LogP contribution in [0.4, 0.5) is 0 Å². The van der Waals surface area contributed by atoms with E-state index in [1.807, 2.05) is 14.0 Å². The lowest BCUT2D eigenvalue weighted by Crippen LogP contribution is -2.35. The predicted molar refractivity (Wildman–Crippen MR) is 59.5 cm³/mol. The molecule has 88 valence electrons. The van der Waals surface area contributed by atoms with Crippen LogP contribution < -0.4 is 5.32 Å². The summed E-state index contributed by atoms with van der Waals surface area (Å²) in [5.41, 5.74) is 0. The van der Waals surface area contributed by atoms with Crippen LogP contribution in [0.15, 0.2) is 0 Å². The second kappa shape index (κ2) is 6.08. The summed E-state index contributed by atoms with van der Waals surface area (Å²) in [6.45, 7) is 4.16. The SMILES string of the molecule is CCC(CCNC)C(=O)N1CCC(O)C1. The van der Waals surface area contributed by atoms with Crippen molar-refractivity contribution in [3.05, 3.63) is 0 Å². The number of hydrogen-bond donors (Lipinski definition) is 2. The number of likely N-dealkylation sites (tertiary alicyclic amines) is 1. The maximum Gasteiger partial charge on any atom is 0.225 e. The Bertz CT molecular complexity index is 209. The van der Waals surface area contributed by atoms with E-state index in [2.05, 4.69) is 5.32 Å². The van der Waals surface area contributed by atoms with Gasteiger partial charge in [0.15, 0.2) is 0 Å². The molecule has 2 atom stereocenters. The summed E-state index contributed by atoms with van der Waals surface area (Å²) in [5, 5.41) is 12.4. The molecule has 2 unspecified atom stereocenters. The van der Waals surface area contributed by atoms with Gasteiger partial charge in [-0.3, -0.25) is 4.79 Å². The Morgan fingerprint density at radius 2 is 2.40 bits per heavy atom. The molecule has 1 amide bonds.